The van der Waals surface area contributed by atoms with E-state index in [4.69, 9.17) is 14.2 Å². The summed E-state index contributed by atoms with van der Waals surface area (Å²) >= 11 is 0. The molecule has 1 aliphatic rings. The van der Waals surface area contributed by atoms with Gasteiger partial charge < -0.3 is 24.4 Å². The van der Waals surface area contributed by atoms with Crippen molar-refractivity contribution < 1.29 is 19.0 Å². The Kier molecular flexibility index (Phi) is 7.47. The standard InChI is InChI=1S/C26H30N4O4/c1-18(20-9-10-22(32-2)23(15-20)33-3)29-26(31)19-11-13-30(14-12-19)24-16-25(28-17-27-24)34-21-7-5-4-6-8-21/h4-10,15-19H,11-14H2,1-3H3,(H,29,31). The van der Waals surface area contributed by atoms with E-state index in [1.54, 1.807) is 14.2 Å². The smallest absolute Gasteiger partial charge is 0.224 e. The Morgan fingerprint density at radius 1 is 1.00 bits per heavy atom. The minimum absolute atomic E-state index is 0.0410. The zero-order chi connectivity index (χ0) is 23.9. The quantitative estimate of drug-likeness (QED) is 0.532. The van der Waals surface area contributed by atoms with Gasteiger partial charge in [-0.05, 0) is 49.6 Å². The first-order valence-corrected chi connectivity index (χ1v) is 11.4. The van der Waals surface area contributed by atoms with Crippen LogP contribution >= 0.6 is 0 Å². The first-order chi connectivity index (χ1) is 16.6. The average Bonchev–Trinajstić information content (AvgIpc) is 2.89. The Bertz CT molecular complexity index is 1100. The van der Waals surface area contributed by atoms with Gasteiger partial charge in [-0.15, -0.1) is 0 Å². The number of anilines is 1. The molecule has 1 N–H and O–H groups in total. The minimum Gasteiger partial charge on any atom is -0.493 e. The molecule has 8 heteroatoms. The van der Waals surface area contributed by atoms with Crippen molar-refractivity contribution in [2.24, 2.45) is 5.92 Å². The molecule has 1 saturated heterocycles. The molecular weight excluding hydrogens is 432 g/mol. The van der Waals surface area contributed by atoms with Crippen molar-refractivity contribution in [1.82, 2.24) is 15.3 Å². The molecule has 1 aromatic heterocycles. The van der Waals surface area contributed by atoms with Gasteiger partial charge in [-0.3, -0.25) is 4.79 Å². The number of amides is 1. The number of carbonyl (C=O) groups excluding carboxylic acids is 1. The van der Waals surface area contributed by atoms with Crippen LogP contribution in [-0.4, -0.2) is 43.2 Å². The molecule has 1 unspecified atom stereocenters. The van der Waals surface area contributed by atoms with Crippen LogP contribution in [0.25, 0.3) is 0 Å². The van der Waals surface area contributed by atoms with Crippen molar-refractivity contribution in [3.05, 3.63) is 66.5 Å². The van der Waals surface area contributed by atoms with Crippen molar-refractivity contribution in [1.29, 1.82) is 0 Å². The van der Waals surface area contributed by atoms with E-state index in [1.165, 1.54) is 6.33 Å². The number of methoxy groups -OCH3 is 2. The number of nitrogens with zero attached hydrogens (tertiary/aromatic N) is 3. The van der Waals surface area contributed by atoms with Crippen LogP contribution in [0, 0.1) is 5.92 Å². The highest BCUT2D eigenvalue weighted by atomic mass is 16.5. The molecular formula is C26H30N4O4. The average molecular weight is 463 g/mol. The molecule has 0 saturated carbocycles. The van der Waals surface area contributed by atoms with Crippen molar-refractivity contribution in [3.63, 3.8) is 0 Å². The maximum absolute atomic E-state index is 12.9. The summed E-state index contributed by atoms with van der Waals surface area (Å²) in [6, 6.07) is 16.9. The summed E-state index contributed by atoms with van der Waals surface area (Å²) in [6.07, 6.45) is 3.02. The highest BCUT2D eigenvalue weighted by Crippen LogP contribution is 2.31. The zero-order valence-electron chi connectivity index (χ0n) is 19.7. The van der Waals surface area contributed by atoms with E-state index >= 15 is 0 Å². The zero-order valence-corrected chi connectivity index (χ0v) is 19.7. The number of aromatic nitrogens is 2. The molecule has 8 nitrogen and oxygen atoms in total. The van der Waals surface area contributed by atoms with Crippen LogP contribution in [0.2, 0.25) is 0 Å². The SMILES string of the molecule is COc1ccc(C(C)NC(=O)C2CCN(c3cc(Oc4ccccc4)ncn3)CC2)cc1OC. The topological polar surface area (TPSA) is 85.8 Å². The van der Waals surface area contributed by atoms with Gasteiger partial charge in [0.2, 0.25) is 11.8 Å². The molecule has 2 aromatic carbocycles. The minimum atomic E-state index is -0.134. The molecule has 1 fully saturated rings. The van der Waals surface area contributed by atoms with Crippen LogP contribution in [0.15, 0.2) is 60.9 Å². The van der Waals surface area contributed by atoms with Crippen LogP contribution in [0.3, 0.4) is 0 Å². The van der Waals surface area contributed by atoms with Gasteiger partial charge in [0.05, 0.1) is 20.3 Å². The van der Waals surface area contributed by atoms with Crippen molar-refractivity contribution in [2.45, 2.75) is 25.8 Å². The Labute approximate surface area is 199 Å². The highest BCUT2D eigenvalue weighted by Gasteiger charge is 2.27. The van der Waals surface area contributed by atoms with Crippen LogP contribution in [-0.2, 0) is 4.79 Å². The predicted molar refractivity (Wildman–Crippen MR) is 130 cm³/mol. The summed E-state index contributed by atoms with van der Waals surface area (Å²) in [6.45, 7) is 3.46. The third kappa shape index (κ3) is 5.57. The molecule has 3 aromatic rings. The molecule has 1 atom stereocenters. The molecule has 1 aliphatic heterocycles. The summed E-state index contributed by atoms with van der Waals surface area (Å²) in [5, 5.41) is 3.15. The van der Waals surface area contributed by atoms with Crippen LogP contribution in [0.5, 0.6) is 23.1 Å². The van der Waals surface area contributed by atoms with Gasteiger partial charge in [0.25, 0.3) is 0 Å². The fourth-order valence-electron chi connectivity index (χ4n) is 4.08. The van der Waals surface area contributed by atoms with E-state index in [0.29, 0.717) is 17.4 Å². The second kappa shape index (κ2) is 10.9. The van der Waals surface area contributed by atoms with Gasteiger partial charge >= 0.3 is 0 Å². The summed E-state index contributed by atoms with van der Waals surface area (Å²) in [7, 11) is 3.21. The highest BCUT2D eigenvalue weighted by molar-refractivity contribution is 5.79. The lowest BCUT2D eigenvalue weighted by molar-refractivity contribution is -0.126. The number of piperidine rings is 1. The van der Waals surface area contributed by atoms with Gasteiger partial charge in [0, 0.05) is 25.1 Å². The molecule has 1 amide bonds. The number of rotatable bonds is 8. The Morgan fingerprint density at radius 2 is 1.74 bits per heavy atom. The van der Waals surface area contributed by atoms with E-state index in [2.05, 4.69) is 20.2 Å². The first-order valence-electron chi connectivity index (χ1n) is 11.4. The van der Waals surface area contributed by atoms with Crippen molar-refractivity contribution in [3.8, 4) is 23.1 Å². The number of carbonyl (C=O) groups is 1. The summed E-state index contributed by atoms with van der Waals surface area (Å²) in [5.74, 6) is 3.37. The summed E-state index contributed by atoms with van der Waals surface area (Å²) < 4.78 is 16.5. The molecule has 0 bridgehead atoms. The van der Waals surface area contributed by atoms with Crippen LogP contribution in [0.4, 0.5) is 5.82 Å². The molecule has 0 aliphatic carbocycles. The molecule has 34 heavy (non-hydrogen) atoms. The van der Waals surface area contributed by atoms with Crippen molar-refractivity contribution >= 4 is 11.7 Å². The maximum atomic E-state index is 12.9. The van der Waals surface area contributed by atoms with Crippen LogP contribution < -0.4 is 24.4 Å². The lowest BCUT2D eigenvalue weighted by atomic mass is 9.95. The second-order valence-electron chi connectivity index (χ2n) is 8.24. The molecule has 0 radical (unpaired) electrons. The Balaban J connectivity index is 1.32. The predicted octanol–water partition coefficient (Wildman–Crippen LogP) is 4.38. The normalized spacial score (nSPS) is 14.9. The Hall–Kier alpha value is -3.81. The molecule has 178 valence electrons. The van der Waals surface area contributed by atoms with Gasteiger partial charge in [0.1, 0.15) is 17.9 Å². The molecule has 0 spiro atoms. The number of para-hydroxylation sites is 1. The number of ether oxygens (including phenoxy) is 3. The molecule has 4 rings (SSSR count). The van der Waals surface area contributed by atoms with Gasteiger partial charge in [0.15, 0.2) is 11.5 Å². The first kappa shape index (κ1) is 23.4. The monoisotopic (exact) mass is 462 g/mol. The fraction of sp³-hybridized carbons (Fsp3) is 0.346. The van der Waals surface area contributed by atoms with Gasteiger partial charge in [-0.25, -0.2) is 9.97 Å². The van der Waals surface area contributed by atoms with Crippen LogP contribution in [0.1, 0.15) is 31.4 Å². The van der Waals surface area contributed by atoms with E-state index in [-0.39, 0.29) is 17.9 Å². The lowest BCUT2D eigenvalue weighted by Gasteiger charge is -2.32. The Morgan fingerprint density at radius 3 is 2.44 bits per heavy atom. The maximum Gasteiger partial charge on any atom is 0.224 e. The number of hydrogen-bond acceptors (Lipinski definition) is 7. The van der Waals surface area contributed by atoms with Crippen molar-refractivity contribution in [2.75, 3.05) is 32.2 Å². The number of nitrogens with one attached hydrogen (secondary N) is 1. The van der Waals surface area contributed by atoms with E-state index in [1.807, 2.05) is 61.5 Å². The summed E-state index contributed by atoms with van der Waals surface area (Å²) in [5.41, 5.74) is 0.968. The number of hydrogen-bond donors (Lipinski definition) is 1. The van der Waals surface area contributed by atoms with E-state index in [0.717, 1.165) is 43.1 Å². The lowest BCUT2D eigenvalue weighted by Crippen LogP contribution is -2.41. The fourth-order valence-corrected chi connectivity index (χ4v) is 4.08. The third-order valence-corrected chi connectivity index (χ3v) is 6.05. The number of benzene rings is 2. The van der Waals surface area contributed by atoms with Gasteiger partial charge in [-0.2, -0.15) is 0 Å². The largest absolute Gasteiger partial charge is 0.493 e. The molecule has 2 heterocycles. The third-order valence-electron chi connectivity index (χ3n) is 6.05. The van der Waals surface area contributed by atoms with E-state index < -0.39 is 0 Å². The summed E-state index contributed by atoms with van der Waals surface area (Å²) in [4.78, 5) is 23.7. The second-order valence-corrected chi connectivity index (χ2v) is 8.24. The van der Waals surface area contributed by atoms with Gasteiger partial charge in [-0.1, -0.05) is 24.3 Å². The van der Waals surface area contributed by atoms with E-state index in [9.17, 15) is 4.79 Å².